The third-order valence-corrected chi connectivity index (χ3v) is 5.79. The molecule has 0 bridgehead atoms. The molecule has 12 heteroatoms. The number of imide groups is 1. The summed E-state index contributed by atoms with van der Waals surface area (Å²) in [6.07, 6.45) is 8.33. The molecule has 12 nitrogen and oxygen atoms in total. The van der Waals surface area contributed by atoms with Gasteiger partial charge in [-0.1, -0.05) is 0 Å². The van der Waals surface area contributed by atoms with E-state index in [4.69, 9.17) is 5.73 Å². The van der Waals surface area contributed by atoms with Crippen molar-refractivity contribution in [3.63, 3.8) is 0 Å². The number of fused-ring (bicyclic) bond motifs is 1. The summed E-state index contributed by atoms with van der Waals surface area (Å²) in [5, 5.41) is 15.7. The summed E-state index contributed by atoms with van der Waals surface area (Å²) >= 11 is 0. The first-order chi connectivity index (χ1) is 15.0. The molecule has 0 radical (unpaired) electrons. The number of nitrogens with two attached hydrogens (primary N) is 1. The van der Waals surface area contributed by atoms with Crippen LogP contribution in [0.15, 0.2) is 11.9 Å². The van der Waals surface area contributed by atoms with Crippen LogP contribution >= 0.6 is 0 Å². The number of rotatable bonds is 6. The standard InChI is InChI=1S/C19H23N9O3/c20-14(29)9-1-3-11(4-2-9)22-17-25-15-10(7-13-16(30)26-19(31)24-13)8-21-28(15)18(27-17)23-12-5-6-12/h7-9,11-12H,1-6H2,(H2,20,29)(H2,22,23,25,27)(H2,24,26,30,31). The first-order valence-electron chi connectivity index (χ1n) is 10.4. The van der Waals surface area contributed by atoms with E-state index < -0.39 is 11.9 Å². The summed E-state index contributed by atoms with van der Waals surface area (Å²) < 4.78 is 1.59. The number of nitrogens with one attached hydrogen (secondary N) is 4. The molecular formula is C19H23N9O3. The zero-order valence-corrected chi connectivity index (χ0v) is 16.7. The van der Waals surface area contributed by atoms with Crippen molar-refractivity contribution in [1.82, 2.24) is 30.2 Å². The van der Waals surface area contributed by atoms with E-state index in [1.807, 2.05) is 0 Å². The van der Waals surface area contributed by atoms with Crippen LogP contribution in [0.2, 0.25) is 0 Å². The minimum atomic E-state index is -0.563. The van der Waals surface area contributed by atoms with E-state index in [1.54, 1.807) is 10.7 Å². The number of primary amides is 1. The molecule has 4 amide bonds. The number of carbonyl (C=O) groups excluding carboxylic acids is 3. The maximum atomic E-state index is 11.9. The van der Waals surface area contributed by atoms with Crippen molar-refractivity contribution in [3.05, 3.63) is 17.5 Å². The van der Waals surface area contributed by atoms with Gasteiger partial charge >= 0.3 is 6.03 Å². The number of aromatic nitrogens is 4. The van der Waals surface area contributed by atoms with Gasteiger partial charge in [-0.2, -0.15) is 19.6 Å². The van der Waals surface area contributed by atoms with E-state index in [2.05, 4.69) is 36.3 Å². The van der Waals surface area contributed by atoms with Gasteiger partial charge in [0.05, 0.1) is 6.20 Å². The highest BCUT2D eigenvalue weighted by Gasteiger charge is 2.28. The first-order valence-corrected chi connectivity index (χ1v) is 10.4. The normalized spacial score (nSPS) is 24.8. The number of anilines is 2. The summed E-state index contributed by atoms with van der Waals surface area (Å²) in [5.74, 6) is 0.185. The number of carbonyl (C=O) groups is 3. The number of amides is 4. The molecule has 2 aromatic heterocycles. The Labute approximate surface area is 177 Å². The largest absolute Gasteiger partial charge is 0.369 e. The fourth-order valence-electron chi connectivity index (χ4n) is 3.91. The van der Waals surface area contributed by atoms with Gasteiger partial charge in [0.1, 0.15) is 5.70 Å². The fraction of sp³-hybridized carbons (Fsp3) is 0.474. The quantitative estimate of drug-likeness (QED) is 0.326. The average Bonchev–Trinajstić information content (AvgIpc) is 3.37. The predicted molar refractivity (Wildman–Crippen MR) is 111 cm³/mol. The van der Waals surface area contributed by atoms with Crippen LogP contribution in [0, 0.1) is 5.92 Å². The number of urea groups is 1. The van der Waals surface area contributed by atoms with Gasteiger partial charge in [-0.05, 0) is 44.6 Å². The van der Waals surface area contributed by atoms with Crippen LogP contribution in [0.5, 0.6) is 0 Å². The summed E-state index contributed by atoms with van der Waals surface area (Å²) in [5.41, 5.74) is 6.65. The third-order valence-electron chi connectivity index (χ3n) is 5.79. The average molecular weight is 425 g/mol. The van der Waals surface area contributed by atoms with Crippen molar-refractivity contribution >= 4 is 41.5 Å². The van der Waals surface area contributed by atoms with Crippen molar-refractivity contribution in [1.29, 1.82) is 0 Å². The zero-order valence-electron chi connectivity index (χ0n) is 16.7. The Morgan fingerprint density at radius 3 is 2.42 bits per heavy atom. The Hall–Kier alpha value is -3.70. The van der Waals surface area contributed by atoms with Gasteiger partial charge in [-0.25, -0.2) is 4.79 Å². The molecular weight excluding hydrogens is 402 g/mol. The second-order valence-electron chi connectivity index (χ2n) is 8.19. The minimum Gasteiger partial charge on any atom is -0.369 e. The van der Waals surface area contributed by atoms with Gasteiger partial charge in [0.2, 0.25) is 17.8 Å². The van der Waals surface area contributed by atoms with Gasteiger partial charge < -0.3 is 21.7 Å². The topological polar surface area (TPSA) is 168 Å². The molecule has 1 aliphatic heterocycles. The fourth-order valence-corrected chi connectivity index (χ4v) is 3.91. The molecule has 5 rings (SSSR count). The lowest BCUT2D eigenvalue weighted by Crippen LogP contribution is -2.33. The number of hydrogen-bond donors (Lipinski definition) is 5. The molecule has 31 heavy (non-hydrogen) atoms. The highest BCUT2D eigenvalue weighted by molar-refractivity contribution is 6.14. The highest BCUT2D eigenvalue weighted by Crippen LogP contribution is 2.28. The molecule has 2 aromatic rings. The second-order valence-corrected chi connectivity index (χ2v) is 8.19. The van der Waals surface area contributed by atoms with Gasteiger partial charge in [-0.3, -0.25) is 14.9 Å². The van der Waals surface area contributed by atoms with E-state index in [-0.39, 0.29) is 23.6 Å². The second kappa shape index (κ2) is 7.52. The number of nitrogens with zero attached hydrogens (tertiary/aromatic N) is 4. The van der Waals surface area contributed by atoms with Crippen LogP contribution in [-0.4, -0.2) is 49.5 Å². The van der Waals surface area contributed by atoms with Crippen LogP contribution in [0.25, 0.3) is 11.7 Å². The molecule has 6 N–H and O–H groups in total. The Balaban J connectivity index is 1.44. The Bertz CT molecular complexity index is 1100. The molecule has 0 aromatic carbocycles. The zero-order chi connectivity index (χ0) is 21.5. The molecule has 1 saturated heterocycles. The lowest BCUT2D eigenvalue weighted by molar-refractivity contribution is -0.122. The van der Waals surface area contributed by atoms with E-state index in [0.717, 1.165) is 38.5 Å². The Morgan fingerprint density at radius 2 is 1.77 bits per heavy atom. The SMILES string of the molecule is NC(=O)C1CCC(Nc2nc(NC3CC3)n3ncc(C=C4NC(=O)NC4=O)c3n2)CC1. The first kappa shape index (κ1) is 19.3. The van der Waals surface area contributed by atoms with Gasteiger partial charge in [0, 0.05) is 23.6 Å². The summed E-state index contributed by atoms with van der Waals surface area (Å²) in [6, 6.07) is -0.0772. The van der Waals surface area contributed by atoms with Crippen molar-refractivity contribution < 1.29 is 14.4 Å². The molecule has 2 aliphatic carbocycles. The minimum absolute atomic E-state index is 0.0747. The summed E-state index contributed by atoms with van der Waals surface area (Å²) in [6.45, 7) is 0. The highest BCUT2D eigenvalue weighted by atomic mass is 16.2. The molecule has 0 spiro atoms. The Morgan fingerprint density at radius 1 is 1.06 bits per heavy atom. The van der Waals surface area contributed by atoms with Crippen LogP contribution < -0.4 is 27.0 Å². The van der Waals surface area contributed by atoms with E-state index in [9.17, 15) is 14.4 Å². The summed E-state index contributed by atoms with van der Waals surface area (Å²) in [7, 11) is 0. The van der Waals surface area contributed by atoms with Crippen LogP contribution in [0.3, 0.4) is 0 Å². The monoisotopic (exact) mass is 425 g/mol. The van der Waals surface area contributed by atoms with Crippen LogP contribution in [0.1, 0.15) is 44.1 Å². The summed E-state index contributed by atoms with van der Waals surface area (Å²) in [4.78, 5) is 43.9. The molecule has 3 aliphatic rings. The van der Waals surface area contributed by atoms with Crippen molar-refractivity contribution in [3.8, 4) is 0 Å². The molecule has 0 atom stereocenters. The van der Waals surface area contributed by atoms with Crippen molar-refractivity contribution in [2.45, 2.75) is 50.6 Å². The van der Waals surface area contributed by atoms with E-state index >= 15 is 0 Å². The molecule has 3 heterocycles. The van der Waals surface area contributed by atoms with Crippen LogP contribution in [0.4, 0.5) is 16.7 Å². The third kappa shape index (κ3) is 4.00. The van der Waals surface area contributed by atoms with E-state index in [1.165, 1.54) is 6.08 Å². The van der Waals surface area contributed by atoms with Gasteiger partial charge in [-0.15, -0.1) is 0 Å². The lowest BCUT2D eigenvalue weighted by atomic mass is 9.86. The smallest absolute Gasteiger partial charge is 0.326 e. The molecule has 2 saturated carbocycles. The van der Waals surface area contributed by atoms with Crippen LogP contribution in [-0.2, 0) is 9.59 Å². The maximum absolute atomic E-state index is 11.9. The predicted octanol–water partition coefficient (Wildman–Crippen LogP) is 0.335. The number of hydrogen-bond acceptors (Lipinski definition) is 8. The van der Waals surface area contributed by atoms with Gasteiger partial charge in [0.25, 0.3) is 5.91 Å². The molecule has 0 unspecified atom stereocenters. The lowest BCUT2D eigenvalue weighted by Gasteiger charge is -2.27. The molecule has 3 fully saturated rings. The van der Waals surface area contributed by atoms with Gasteiger partial charge in [0.15, 0.2) is 5.65 Å². The van der Waals surface area contributed by atoms with E-state index in [0.29, 0.717) is 29.1 Å². The van der Waals surface area contributed by atoms with Crippen molar-refractivity contribution in [2.75, 3.05) is 10.6 Å². The molecule has 162 valence electrons. The maximum Gasteiger partial charge on any atom is 0.326 e. The van der Waals surface area contributed by atoms with Crippen molar-refractivity contribution in [2.24, 2.45) is 11.7 Å². The Kier molecular flexibility index (Phi) is 4.68.